The van der Waals surface area contributed by atoms with Crippen LogP contribution >= 0.6 is 12.2 Å². The quantitative estimate of drug-likeness (QED) is 0.280. The van der Waals surface area contributed by atoms with Gasteiger partial charge in [0.2, 0.25) is 0 Å². The molecule has 0 bridgehead atoms. The van der Waals surface area contributed by atoms with Crippen LogP contribution in [0.25, 0.3) is 5.69 Å². The minimum atomic E-state index is -0.0624. The van der Waals surface area contributed by atoms with Crippen molar-refractivity contribution < 1.29 is 0 Å². The smallest absolute Gasteiger partial charge is 0.174 e. The van der Waals surface area contributed by atoms with Crippen LogP contribution in [0.15, 0.2) is 66.9 Å². The molecule has 190 valence electrons. The van der Waals surface area contributed by atoms with E-state index >= 15 is 0 Å². The fourth-order valence-corrected chi connectivity index (χ4v) is 6.27. The first-order valence-electron chi connectivity index (χ1n) is 13.0. The van der Waals surface area contributed by atoms with E-state index in [4.69, 9.17) is 17.2 Å². The first-order chi connectivity index (χ1) is 17.7. The molecule has 4 aromatic rings. The molecule has 0 saturated carbocycles. The molecule has 2 atom stereocenters. The zero-order valence-corrected chi connectivity index (χ0v) is 23.6. The molecule has 5 rings (SSSR count). The van der Waals surface area contributed by atoms with Gasteiger partial charge in [-0.2, -0.15) is 0 Å². The lowest BCUT2D eigenvalue weighted by molar-refractivity contribution is 0.565. The van der Waals surface area contributed by atoms with Gasteiger partial charge in [0.05, 0.1) is 23.5 Å². The molecule has 1 aliphatic heterocycles. The molecular formula is C32H36N4S. The summed E-state index contributed by atoms with van der Waals surface area (Å²) in [6.45, 7) is 15.5. The molecule has 2 aromatic heterocycles. The van der Waals surface area contributed by atoms with E-state index < -0.39 is 0 Å². The number of benzene rings is 2. The molecule has 37 heavy (non-hydrogen) atoms. The predicted molar refractivity (Wildman–Crippen MR) is 158 cm³/mol. The number of pyridine rings is 1. The topological polar surface area (TPSA) is 33.1 Å². The van der Waals surface area contributed by atoms with Crippen molar-refractivity contribution in [2.45, 2.75) is 66.5 Å². The summed E-state index contributed by atoms with van der Waals surface area (Å²) < 4.78 is 2.41. The van der Waals surface area contributed by atoms with Gasteiger partial charge < -0.3 is 14.8 Å². The van der Waals surface area contributed by atoms with Gasteiger partial charge in [-0.3, -0.25) is 4.98 Å². The second-order valence-corrected chi connectivity index (χ2v) is 11.0. The van der Waals surface area contributed by atoms with Crippen LogP contribution in [-0.4, -0.2) is 14.7 Å². The first-order valence-corrected chi connectivity index (χ1v) is 13.5. The van der Waals surface area contributed by atoms with Crippen LogP contribution in [0.4, 0.5) is 5.69 Å². The third-order valence-corrected chi connectivity index (χ3v) is 7.90. The number of thiocarbonyl (C=S) groups is 1. The highest BCUT2D eigenvalue weighted by Crippen LogP contribution is 2.44. The van der Waals surface area contributed by atoms with Crippen LogP contribution < -0.4 is 10.2 Å². The highest BCUT2D eigenvalue weighted by atomic mass is 32.1. The summed E-state index contributed by atoms with van der Waals surface area (Å²) in [5, 5.41) is 4.34. The number of nitrogens with zero attached hydrogens (tertiary/aromatic N) is 3. The van der Waals surface area contributed by atoms with E-state index in [9.17, 15) is 0 Å². The van der Waals surface area contributed by atoms with Crippen LogP contribution in [0.3, 0.4) is 0 Å². The van der Waals surface area contributed by atoms with Crippen molar-refractivity contribution in [3.63, 3.8) is 0 Å². The van der Waals surface area contributed by atoms with Gasteiger partial charge >= 0.3 is 0 Å². The maximum atomic E-state index is 5.97. The molecule has 0 radical (unpaired) electrons. The number of aromatic nitrogens is 2. The summed E-state index contributed by atoms with van der Waals surface area (Å²) in [5.41, 5.74) is 12.2. The molecule has 1 N–H and O–H groups in total. The second-order valence-electron chi connectivity index (χ2n) is 10.7. The Morgan fingerprint density at radius 1 is 0.892 bits per heavy atom. The number of aryl methyl sites for hydroxylation is 4. The minimum Gasteiger partial charge on any atom is -0.351 e. The Kier molecular flexibility index (Phi) is 6.67. The van der Waals surface area contributed by atoms with E-state index in [2.05, 4.69) is 112 Å². The number of rotatable bonds is 5. The van der Waals surface area contributed by atoms with Crippen molar-refractivity contribution in [1.29, 1.82) is 0 Å². The number of hydrogen-bond acceptors (Lipinski definition) is 2. The number of anilines is 1. The standard InChI is InChI=1S/C32H36N4S/c1-19(2)25-11-13-26(14-12-25)36-31(29(34-32(36)37)28-10-8-9-15-33-28)27-18-23(6)35(24(27)7)30-21(4)16-20(3)17-22(30)5/h8-19,29,31H,1-7H3,(H,34,37)/t29-,31+/m1/s1. The second kappa shape index (κ2) is 9.79. The number of hydrogen-bond donors (Lipinski definition) is 1. The van der Waals surface area contributed by atoms with Crippen LogP contribution in [0.2, 0.25) is 0 Å². The van der Waals surface area contributed by atoms with Crippen LogP contribution in [0.5, 0.6) is 0 Å². The van der Waals surface area contributed by atoms with Crippen molar-refractivity contribution in [1.82, 2.24) is 14.9 Å². The molecule has 0 aliphatic carbocycles. The summed E-state index contributed by atoms with van der Waals surface area (Å²) in [4.78, 5) is 7.01. The van der Waals surface area contributed by atoms with Crippen molar-refractivity contribution in [2.75, 3.05) is 4.90 Å². The number of nitrogens with one attached hydrogen (secondary N) is 1. The van der Waals surface area contributed by atoms with E-state index in [1.54, 1.807) is 0 Å². The SMILES string of the molecule is Cc1cc(C)c(-n2c(C)cc([C@H]3[C@@H](c4ccccn4)NC(=S)N3c3ccc(C(C)C)cc3)c2C)c(C)c1. The average Bonchev–Trinajstić information content (AvgIpc) is 3.35. The largest absolute Gasteiger partial charge is 0.351 e. The van der Waals surface area contributed by atoms with Crippen LogP contribution in [0.1, 0.15) is 76.7 Å². The zero-order valence-electron chi connectivity index (χ0n) is 22.8. The molecule has 0 spiro atoms. The van der Waals surface area contributed by atoms with Gasteiger partial charge in [-0.25, -0.2) is 0 Å². The van der Waals surface area contributed by atoms with Gasteiger partial charge in [0.15, 0.2) is 5.11 Å². The van der Waals surface area contributed by atoms with Crippen molar-refractivity contribution in [3.8, 4) is 5.69 Å². The van der Waals surface area contributed by atoms with E-state index in [0.29, 0.717) is 5.92 Å². The van der Waals surface area contributed by atoms with Gasteiger partial charge in [-0.15, -0.1) is 0 Å². The first kappa shape index (κ1) is 25.2. The molecule has 0 amide bonds. The molecule has 3 heterocycles. The van der Waals surface area contributed by atoms with Gasteiger partial charge in [0, 0.05) is 23.3 Å². The van der Waals surface area contributed by atoms with E-state index in [-0.39, 0.29) is 12.1 Å². The lowest BCUT2D eigenvalue weighted by Gasteiger charge is -2.28. The lowest BCUT2D eigenvalue weighted by Crippen LogP contribution is -2.29. The summed E-state index contributed by atoms with van der Waals surface area (Å²) in [6, 6.07) is 21.7. The summed E-state index contributed by atoms with van der Waals surface area (Å²) in [6.07, 6.45) is 1.86. The van der Waals surface area contributed by atoms with Gasteiger partial charge in [-0.1, -0.05) is 49.7 Å². The van der Waals surface area contributed by atoms with Crippen LogP contribution in [-0.2, 0) is 0 Å². The molecule has 2 aromatic carbocycles. The Hall–Kier alpha value is -3.44. The Balaban J connectivity index is 1.69. The van der Waals surface area contributed by atoms with E-state index in [1.165, 1.54) is 44.9 Å². The van der Waals surface area contributed by atoms with Crippen molar-refractivity contribution in [3.05, 3.63) is 112 Å². The monoisotopic (exact) mass is 508 g/mol. The lowest BCUT2D eigenvalue weighted by atomic mass is 9.96. The minimum absolute atomic E-state index is 0.0293. The fraction of sp³-hybridized carbons (Fsp3) is 0.312. The third kappa shape index (κ3) is 4.46. The highest BCUT2D eigenvalue weighted by molar-refractivity contribution is 7.80. The maximum absolute atomic E-state index is 5.97. The van der Waals surface area contributed by atoms with E-state index in [1.807, 2.05) is 18.3 Å². The molecule has 1 saturated heterocycles. The predicted octanol–water partition coefficient (Wildman–Crippen LogP) is 7.71. The normalized spacial score (nSPS) is 17.5. The molecular weight excluding hydrogens is 472 g/mol. The third-order valence-electron chi connectivity index (χ3n) is 7.58. The maximum Gasteiger partial charge on any atom is 0.174 e. The zero-order chi connectivity index (χ0) is 26.4. The van der Waals surface area contributed by atoms with E-state index in [0.717, 1.165) is 16.5 Å². The molecule has 0 unspecified atom stereocenters. The highest BCUT2D eigenvalue weighted by Gasteiger charge is 2.42. The summed E-state index contributed by atoms with van der Waals surface area (Å²) in [5.74, 6) is 0.481. The summed E-state index contributed by atoms with van der Waals surface area (Å²) in [7, 11) is 0. The van der Waals surface area contributed by atoms with Crippen molar-refractivity contribution in [2.24, 2.45) is 0 Å². The molecule has 1 aliphatic rings. The Labute approximate surface area is 226 Å². The van der Waals surface area contributed by atoms with Gasteiger partial charge in [0.25, 0.3) is 0 Å². The van der Waals surface area contributed by atoms with Crippen LogP contribution in [0, 0.1) is 34.6 Å². The molecule has 4 nitrogen and oxygen atoms in total. The fourth-order valence-electron chi connectivity index (χ4n) is 5.93. The Bertz CT molecular complexity index is 1430. The van der Waals surface area contributed by atoms with Crippen molar-refractivity contribution >= 4 is 23.0 Å². The Morgan fingerprint density at radius 2 is 1.57 bits per heavy atom. The Morgan fingerprint density at radius 3 is 2.16 bits per heavy atom. The van der Waals surface area contributed by atoms with Gasteiger partial charge in [0.1, 0.15) is 0 Å². The average molecular weight is 509 g/mol. The molecule has 5 heteroatoms. The molecule has 1 fully saturated rings. The summed E-state index contributed by atoms with van der Waals surface area (Å²) >= 11 is 5.97. The van der Waals surface area contributed by atoms with Gasteiger partial charge in [-0.05, 0) is 105 Å².